The maximum Gasteiger partial charge on any atom is 0.273 e. The van der Waals surface area contributed by atoms with Gasteiger partial charge in [-0.25, -0.2) is 0 Å². The highest BCUT2D eigenvalue weighted by molar-refractivity contribution is 5.92. The third kappa shape index (κ3) is 4.09. The van der Waals surface area contributed by atoms with Crippen molar-refractivity contribution in [3.05, 3.63) is 30.2 Å². The predicted octanol–water partition coefficient (Wildman–Crippen LogP) is 2.60. The number of aromatic nitrogens is 1. The number of nitrogens with one attached hydrogen (secondary N) is 1. The van der Waals surface area contributed by atoms with Crippen LogP contribution < -0.4 is 11.1 Å². The van der Waals surface area contributed by atoms with Gasteiger partial charge in [0.2, 0.25) is 5.76 Å². The molecule has 0 radical (unpaired) electrons. The van der Waals surface area contributed by atoms with Crippen molar-refractivity contribution in [3.63, 3.8) is 0 Å². The highest BCUT2D eigenvalue weighted by Gasteiger charge is 2.22. The number of nitrogens with two attached hydrogens (primary N) is 1. The van der Waals surface area contributed by atoms with Crippen molar-refractivity contribution in [1.82, 2.24) is 10.5 Å². The lowest BCUT2D eigenvalue weighted by Gasteiger charge is -2.26. The molecule has 0 saturated carbocycles. The molecule has 0 fully saturated rings. The van der Waals surface area contributed by atoms with Crippen molar-refractivity contribution in [2.45, 2.75) is 32.2 Å². The molecule has 116 valence electrons. The summed E-state index contributed by atoms with van der Waals surface area (Å²) in [6.45, 7) is 4.41. The van der Waals surface area contributed by atoms with Crippen molar-refractivity contribution in [2.75, 3.05) is 6.54 Å². The average Bonchev–Trinajstić information content (AvgIpc) is 3.14. The van der Waals surface area contributed by atoms with E-state index in [1.807, 2.05) is 13.8 Å². The van der Waals surface area contributed by atoms with Gasteiger partial charge in [-0.05, 0) is 25.0 Å². The van der Waals surface area contributed by atoms with E-state index in [2.05, 4.69) is 10.5 Å². The highest BCUT2D eigenvalue weighted by atomic mass is 35.5. The van der Waals surface area contributed by atoms with Crippen LogP contribution in [0.15, 0.2) is 33.4 Å². The first-order valence-corrected chi connectivity index (χ1v) is 6.65. The van der Waals surface area contributed by atoms with Gasteiger partial charge in [-0.3, -0.25) is 4.79 Å². The maximum atomic E-state index is 12.0. The third-order valence-electron chi connectivity index (χ3n) is 3.52. The molecule has 0 atom stereocenters. The van der Waals surface area contributed by atoms with Crippen LogP contribution in [0, 0.1) is 0 Å². The van der Waals surface area contributed by atoms with Gasteiger partial charge in [0.1, 0.15) is 0 Å². The van der Waals surface area contributed by atoms with Crippen molar-refractivity contribution in [1.29, 1.82) is 0 Å². The lowest BCUT2D eigenvalue weighted by atomic mass is 9.94. The molecule has 0 aliphatic rings. The normalized spacial score (nSPS) is 11.0. The van der Waals surface area contributed by atoms with E-state index in [-0.39, 0.29) is 29.5 Å². The van der Waals surface area contributed by atoms with Crippen LogP contribution in [-0.2, 0) is 0 Å². The fourth-order valence-corrected chi connectivity index (χ4v) is 1.76. The van der Waals surface area contributed by atoms with Crippen LogP contribution in [0.3, 0.4) is 0 Å². The molecule has 0 aromatic carbocycles. The first-order chi connectivity index (χ1) is 9.58. The molecule has 0 aliphatic heterocycles. The minimum Gasteiger partial charge on any atom is -0.461 e. The molecule has 7 heteroatoms. The molecule has 3 N–H and O–H groups in total. The predicted molar refractivity (Wildman–Crippen MR) is 81.3 cm³/mol. The van der Waals surface area contributed by atoms with Gasteiger partial charge in [-0.1, -0.05) is 19.0 Å². The number of hydrogen-bond acceptors (Lipinski definition) is 5. The summed E-state index contributed by atoms with van der Waals surface area (Å²) < 4.78 is 10.3. The molecule has 6 nitrogen and oxygen atoms in total. The van der Waals surface area contributed by atoms with Crippen molar-refractivity contribution in [3.8, 4) is 11.5 Å². The molecule has 1 amide bonds. The zero-order valence-electron chi connectivity index (χ0n) is 12.1. The van der Waals surface area contributed by atoms with Gasteiger partial charge >= 0.3 is 0 Å². The quantitative estimate of drug-likeness (QED) is 0.854. The Bertz CT molecular complexity index is 562. The van der Waals surface area contributed by atoms with Crippen molar-refractivity contribution >= 4 is 18.3 Å². The van der Waals surface area contributed by atoms with Crippen LogP contribution >= 0.6 is 12.4 Å². The molecule has 2 rings (SSSR count). The van der Waals surface area contributed by atoms with Crippen LogP contribution in [0.5, 0.6) is 0 Å². The molecule has 2 heterocycles. The van der Waals surface area contributed by atoms with Crippen molar-refractivity contribution < 1.29 is 13.7 Å². The number of halogens is 1. The van der Waals surface area contributed by atoms with Crippen LogP contribution in [-0.4, -0.2) is 23.1 Å². The van der Waals surface area contributed by atoms with Gasteiger partial charge in [0.15, 0.2) is 11.5 Å². The Hall–Kier alpha value is -1.79. The van der Waals surface area contributed by atoms with Crippen LogP contribution in [0.4, 0.5) is 0 Å². The lowest BCUT2D eigenvalue weighted by Crippen LogP contribution is -2.49. The fraction of sp³-hybridized carbons (Fsp3) is 0.429. The number of carbonyl (C=O) groups is 1. The van der Waals surface area contributed by atoms with Gasteiger partial charge in [0.05, 0.1) is 6.26 Å². The summed E-state index contributed by atoms with van der Waals surface area (Å²) in [5, 5.41) is 6.52. The molecule has 2 aromatic rings. The maximum absolute atomic E-state index is 12.0. The van der Waals surface area contributed by atoms with Gasteiger partial charge in [-0.2, -0.15) is 0 Å². The fourth-order valence-electron chi connectivity index (χ4n) is 1.76. The molecule has 0 aliphatic carbocycles. The zero-order valence-corrected chi connectivity index (χ0v) is 12.9. The molecule has 0 bridgehead atoms. The first-order valence-electron chi connectivity index (χ1n) is 6.65. The highest BCUT2D eigenvalue weighted by Crippen LogP contribution is 2.20. The second-order valence-electron chi connectivity index (χ2n) is 4.81. The third-order valence-corrected chi connectivity index (χ3v) is 3.52. The molecule has 21 heavy (non-hydrogen) atoms. The molecule has 0 spiro atoms. The van der Waals surface area contributed by atoms with E-state index in [0.29, 0.717) is 18.1 Å². The van der Waals surface area contributed by atoms with Gasteiger partial charge in [-0.15, -0.1) is 12.4 Å². The topological polar surface area (TPSA) is 94.3 Å². The number of amides is 1. The van der Waals surface area contributed by atoms with E-state index in [1.165, 1.54) is 6.26 Å². The number of rotatable bonds is 6. The lowest BCUT2D eigenvalue weighted by molar-refractivity contribution is 0.0933. The molecule has 2 aromatic heterocycles. The van der Waals surface area contributed by atoms with E-state index in [0.717, 1.165) is 12.8 Å². The average molecular weight is 314 g/mol. The summed E-state index contributed by atoms with van der Waals surface area (Å²) in [6, 6.07) is 5.02. The van der Waals surface area contributed by atoms with Crippen LogP contribution in [0.2, 0.25) is 0 Å². The number of carbonyl (C=O) groups excluding carboxylic acids is 1. The first kappa shape index (κ1) is 17.3. The smallest absolute Gasteiger partial charge is 0.273 e. The van der Waals surface area contributed by atoms with Gasteiger partial charge in [0.25, 0.3) is 5.91 Å². The Labute approximate surface area is 129 Å². The zero-order chi connectivity index (χ0) is 14.6. The second-order valence-corrected chi connectivity index (χ2v) is 4.81. The Morgan fingerprint density at radius 2 is 2.10 bits per heavy atom. The van der Waals surface area contributed by atoms with Crippen LogP contribution in [0.1, 0.15) is 37.2 Å². The minimum absolute atomic E-state index is 0. The summed E-state index contributed by atoms with van der Waals surface area (Å²) >= 11 is 0. The van der Waals surface area contributed by atoms with Gasteiger partial charge < -0.3 is 20.0 Å². The summed E-state index contributed by atoms with van der Waals surface area (Å²) in [7, 11) is 0. The van der Waals surface area contributed by atoms with Crippen molar-refractivity contribution in [2.24, 2.45) is 5.73 Å². The van der Waals surface area contributed by atoms with Gasteiger partial charge in [0, 0.05) is 18.2 Å². The number of furan rings is 1. The second kappa shape index (κ2) is 7.28. The van der Waals surface area contributed by atoms with E-state index >= 15 is 0 Å². The standard InChI is InChI=1S/C14H19N3O3.ClH/c1-3-14(15,4-2)9-16-13(18)10-8-12(20-17-10)11-6-5-7-19-11;/h5-8H,3-4,9,15H2,1-2H3,(H,16,18);1H. The Kier molecular flexibility index (Phi) is 5.99. The summed E-state index contributed by atoms with van der Waals surface area (Å²) in [5.74, 6) is 0.653. The van der Waals surface area contributed by atoms with E-state index in [1.54, 1.807) is 18.2 Å². The Balaban J connectivity index is 0.00000220. The molecular formula is C14H20ClN3O3. The summed E-state index contributed by atoms with van der Waals surface area (Å²) in [6.07, 6.45) is 3.11. The monoisotopic (exact) mass is 313 g/mol. The molecular weight excluding hydrogens is 294 g/mol. The van der Waals surface area contributed by atoms with E-state index in [4.69, 9.17) is 14.7 Å². The summed E-state index contributed by atoms with van der Waals surface area (Å²) in [4.78, 5) is 12.0. The Morgan fingerprint density at radius 3 is 2.67 bits per heavy atom. The van der Waals surface area contributed by atoms with E-state index < -0.39 is 0 Å². The SMILES string of the molecule is CCC(N)(CC)CNC(=O)c1cc(-c2ccco2)on1.Cl. The van der Waals surface area contributed by atoms with Crippen LogP contribution in [0.25, 0.3) is 11.5 Å². The molecule has 0 saturated heterocycles. The van der Waals surface area contributed by atoms with E-state index in [9.17, 15) is 4.79 Å². The largest absolute Gasteiger partial charge is 0.461 e. The molecule has 0 unspecified atom stereocenters. The summed E-state index contributed by atoms with van der Waals surface area (Å²) in [5.41, 5.74) is 5.96. The number of nitrogens with zero attached hydrogens (tertiary/aromatic N) is 1. The Morgan fingerprint density at radius 1 is 1.38 bits per heavy atom. The minimum atomic E-state index is -0.386. The number of hydrogen-bond donors (Lipinski definition) is 2.